The maximum atomic E-state index is 6.25. The van der Waals surface area contributed by atoms with Crippen LogP contribution in [-0.2, 0) is 0 Å². The first kappa shape index (κ1) is 11.6. The van der Waals surface area contributed by atoms with Gasteiger partial charge in [-0.1, -0.05) is 29.8 Å². The van der Waals surface area contributed by atoms with Gasteiger partial charge in [0.15, 0.2) is 0 Å². The smallest absolute Gasteiger partial charge is 0.0453 e. The third kappa shape index (κ3) is 2.66. The zero-order valence-electron chi connectivity index (χ0n) is 10.3. The fourth-order valence-corrected chi connectivity index (χ4v) is 3.07. The predicted molar refractivity (Wildman–Crippen MR) is 72.2 cm³/mol. The van der Waals surface area contributed by atoms with Crippen LogP contribution < -0.4 is 5.32 Å². The topological polar surface area (TPSA) is 12.0 Å². The molecule has 0 bridgehead atoms. The van der Waals surface area contributed by atoms with Crippen molar-refractivity contribution >= 4 is 11.6 Å². The number of hydrogen-bond donors (Lipinski definition) is 1. The van der Waals surface area contributed by atoms with Gasteiger partial charge in [-0.2, -0.15) is 0 Å². The van der Waals surface area contributed by atoms with Gasteiger partial charge in [-0.3, -0.25) is 0 Å². The van der Waals surface area contributed by atoms with Gasteiger partial charge in [0.05, 0.1) is 0 Å². The molecule has 0 heterocycles. The second-order valence-corrected chi connectivity index (χ2v) is 6.02. The van der Waals surface area contributed by atoms with Crippen molar-refractivity contribution in [3.63, 3.8) is 0 Å². The Morgan fingerprint density at radius 3 is 2.24 bits per heavy atom. The van der Waals surface area contributed by atoms with E-state index in [-0.39, 0.29) is 0 Å². The van der Waals surface area contributed by atoms with Crippen molar-refractivity contribution < 1.29 is 0 Å². The van der Waals surface area contributed by atoms with Gasteiger partial charge in [0, 0.05) is 17.1 Å². The van der Waals surface area contributed by atoms with Crippen molar-refractivity contribution in [2.75, 3.05) is 0 Å². The molecule has 1 N–H and O–H groups in total. The fraction of sp³-hybridized carbons (Fsp3) is 0.600. The lowest BCUT2D eigenvalue weighted by Crippen LogP contribution is -2.35. The van der Waals surface area contributed by atoms with Crippen molar-refractivity contribution in [1.29, 1.82) is 0 Å². The van der Waals surface area contributed by atoms with Gasteiger partial charge < -0.3 is 5.32 Å². The number of halogens is 1. The highest BCUT2D eigenvalue weighted by atomic mass is 35.5. The largest absolute Gasteiger partial charge is 0.307 e. The molecule has 1 nitrogen and oxygen atoms in total. The van der Waals surface area contributed by atoms with E-state index in [1.54, 1.807) is 0 Å². The Balaban J connectivity index is 1.69. The summed E-state index contributed by atoms with van der Waals surface area (Å²) in [5, 5.41) is 4.70. The van der Waals surface area contributed by atoms with E-state index in [1.165, 1.54) is 31.2 Å². The molecule has 2 fully saturated rings. The van der Waals surface area contributed by atoms with E-state index < -0.39 is 0 Å². The second kappa shape index (κ2) is 4.62. The second-order valence-electron chi connectivity index (χ2n) is 5.61. The van der Waals surface area contributed by atoms with E-state index in [0.29, 0.717) is 6.04 Å². The van der Waals surface area contributed by atoms with Gasteiger partial charge >= 0.3 is 0 Å². The van der Waals surface area contributed by atoms with Crippen LogP contribution in [0.25, 0.3) is 0 Å². The lowest BCUT2D eigenvalue weighted by molar-refractivity contribution is 0.377. The summed E-state index contributed by atoms with van der Waals surface area (Å²) in [6.45, 7) is 2.24. The Labute approximate surface area is 109 Å². The van der Waals surface area contributed by atoms with Gasteiger partial charge in [0.1, 0.15) is 0 Å². The molecule has 17 heavy (non-hydrogen) atoms. The molecule has 1 atom stereocenters. The molecule has 0 amide bonds. The van der Waals surface area contributed by atoms with Gasteiger partial charge in [0.2, 0.25) is 0 Å². The highest BCUT2D eigenvalue weighted by molar-refractivity contribution is 6.31. The summed E-state index contributed by atoms with van der Waals surface area (Å²) in [5.41, 5.74) is 1.24. The van der Waals surface area contributed by atoms with Crippen LogP contribution >= 0.6 is 11.6 Å². The van der Waals surface area contributed by atoms with E-state index in [4.69, 9.17) is 11.6 Å². The van der Waals surface area contributed by atoms with Crippen LogP contribution in [-0.4, -0.2) is 6.04 Å². The number of nitrogens with one attached hydrogen (secondary N) is 1. The first-order valence-electron chi connectivity index (χ1n) is 6.76. The molecule has 1 aromatic rings. The molecule has 1 unspecified atom stereocenters. The Bertz CT molecular complexity index is 384. The summed E-state index contributed by atoms with van der Waals surface area (Å²) in [7, 11) is 0. The standard InChI is InChI=1S/C15H20ClN/c1-10(13-4-2-3-5-14(13)16)17-15(11-6-7-11)12-8-9-12/h2-5,10-12,15,17H,6-9H2,1H3. The number of rotatable bonds is 5. The van der Waals surface area contributed by atoms with Crippen LogP contribution in [0.1, 0.15) is 44.2 Å². The molecular weight excluding hydrogens is 230 g/mol. The molecule has 2 aliphatic rings. The van der Waals surface area contributed by atoms with Crippen LogP contribution in [0.2, 0.25) is 5.02 Å². The lowest BCUT2D eigenvalue weighted by atomic mass is 10.0. The Kier molecular flexibility index (Phi) is 3.14. The maximum absolute atomic E-state index is 6.25. The average molecular weight is 250 g/mol. The minimum Gasteiger partial charge on any atom is -0.307 e. The first-order valence-corrected chi connectivity index (χ1v) is 7.14. The molecule has 0 aromatic heterocycles. The highest BCUT2D eigenvalue weighted by Crippen LogP contribution is 2.45. The van der Waals surface area contributed by atoms with Crippen molar-refractivity contribution in [2.45, 2.75) is 44.7 Å². The van der Waals surface area contributed by atoms with Crippen LogP contribution in [0.3, 0.4) is 0 Å². The summed E-state index contributed by atoms with van der Waals surface area (Å²) in [4.78, 5) is 0. The number of benzene rings is 1. The molecule has 92 valence electrons. The molecule has 0 saturated heterocycles. The van der Waals surface area contributed by atoms with E-state index in [1.807, 2.05) is 12.1 Å². The quantitative estimate of drug-likeness (QED) is 0.826. The molecule has 2 saturated carbocycles. The molecule has 0 spiro atoms. The molecule has 2 heteroatoms. The van der Waals surface area contributed by atoms with Crippen LogP contribution in [0, 0.1) is 11.8 Å². The third-order valence-electron chi connectivity index (χ3n) is 4.07. The van der Waals surface area contributed by atoms with E-state index in [9.17, 15) is 0 Å². The van der Waals surface area contributed by atoms with E-state index in [2.05, 4.69) is 24.4 Å². The normalized spacial score (nSPS) is 21.8. The molecular formula is C15H20ClN. The summed E-state index contributed by atoms with van der Waals surface area (Å²) in [6.07, 6.45) is 5.68. The molecule has 2 aliphatic carbocycles. The molecule has 1 aromatic carbocycles. The van der Waals surface area contributed by atoms with Crippen LogP contribution in [0.5, 0.6) is 0 Å². The average Bonchev–Trinajstić information content (AvgIpc) is 3.16. The summed E-state index contributed by atoms with van der Waals surface area (Å²) in [6, 6.07) is 9.30. The SMILES string of the molecule is CC(NC(C1CC1)C1CC1)c1ccccc1Cl. The Morgan fingerprint density at radius 2 is 1.71 bits per heavy atom. The number of hydrogen-bond acceptors (Lipinski definition) is 1. The van der Waals surface area contributed by atoms with Crippen LogP contribution in [0.4, 0.5) is 0 Å². The van der Waals surface area contributed by atoms with Gasteiger partial charge in [-0.05, 0) is 56.1 Å². The molecule has 0 radical (unpaired) electrons. The van der Waals surface area contributed by atoms with Crippen LogP contribution in [0.15, 0.2) is 24.3 Å². The molecule has 3 rings (SSSR count). The first-order chi connectivity index (χ1) is 8.25. The zero-order chi connectivity index (χ0) is 11.8. The van der Waals surface area contributed by atoms with Crippen molar-refractivity contribution in [3.8, 4) is 0 Å². The predicted octanol–water partition coefficient (Wildman–Crippen LogP) is 4.18. The van der Waals surface area contributed by atoms with Crippen molar-refractivity contribution in [1.82, 2.24) is 5.32 Å². The summed E-state index contributed by atoms with van der Waals surface area (Å²) >= 11 is 6.25. The maximum Gasteiger partial charge on any atom is 0.0453 e. The van der Waals surface area contributed by atoms with Gasteiger partial charge in [0.25, 0.3) is 0 Å². The van der Waals surface area contributed by atoms with Gasteiger partial charge in [-0.25, -0.2) is 0 Å². The Hall–Kier alpha value is -0.530. The highest BCUT2D eigenvalue weighted by Gasteiger charge is 2.41. The summed E-state index contributed by atoms with van der Waals surface area (Å²) in [5.74, 6) is 1.87. The minimum absolute atomic E-state index is 0.370. The van der Waals surface area contributed by atoms with Crippen molar-refractivity contribution in [3.05, 3.63) is 34.9 Å². The third-order valence-corrected chi connectivity index (χ3v) is 4.42. The van der Waals surface area contributed by atoms with Crippen molar-refractivity contribution in [2.24, 2.45) is 11.8 Å². The minimum atomic E-state index is 0.370. The summed E-state index contributed by atoms with van der Waals surface area (Å²) < 4.78 is 0. The lowest BCUT2D eigenvalue weighted by Gasteiger charge is -2.24. The van der Waals surface area contributed by atoms with Gasteiger partial charge in [-0.15, -0.1) is 0 Å². The molecule has 0 aliphatic heterocycles. The Morgan fingerprint density at radius 1 is 1.12 bits per heavy atom. The monoisotopic (exact) mass is 249 g/mol. The zero-order valence-corrected chi connectivity index (χ0v) is 11.1. The fourth-order valence-electron chi connectivity index (χ4n) is 2.77. The van der Waals surface area contributed by atoms with E-state index >= 15 is 0 Å². The van der Waals surface area contributed by atoms with E-state index in [0.717, 1.165) is 22.9 Å².